The van der Waals surface area contributed by atoms with Gasteiger partial charge in [0, 0.05) is 12.1 Å². The minimum absolute atomic E-state index is 0.101. The molecule has 2 heterocycles. The van der Waals surface area contributed by atoms with Gasteiger partial charge in [-0.05, 0) is 0 Å². The first-order chi connectivity index (χ1) is 12.6. The molecule has 0 aliphatic rings. The lowest BCUT2D eigenvalue weighted by Gasteiger charge is -2.16. The first-order valence-electron chi connectivity index (χ1n) is 7.57. The van der Waals surface area contributed by atoms with Crippen LogP contribution in [0.15, 0.2) is 29.5 Å². The SMILES string of the molecule is COc1cc(OC)c(Cn2c(=O)cnc3c(C=O)ncnc32)c(OC)c1. The van der Waals surface area contributed by atoms with Crippen LogP contribution in [-0.2, 0) is 6.54 Å². The fourth-order valence-electron chi connectivity index (χ4n) is 2.63. The summed E-state index contributed by atoms with van der Waals surface area (Å²) in [5.41, 5.74) is 0.838. The molecule has 0 atom stereocenters. The molecule has 0 spiro atoms. The number of carbonyl (C=O) groups excluding carboxylic acids is 1. The number of aldehydes is 1. The molecule has 3 rings (SSSR count). The summed E-state index contributed by atoms with van der Waals surface area (Å²) in [6, 6.07) is 3.39. The van der Waals surface area contributed by atoms with Crippen LogP contribution in [0.3, 0.4) is 0 Å². The number of aromatic nitrogens is 4. The van der Waals surface area contributed by atoms with Crippen molar-refractivity contribution in [2.75, 3.05) is 21.3 Å². The third-order valence-corrected chi connectivity index (χ3v) is 3.90. The van der Waals surface area contributed by atoms with E-state index in [1.807, 2.05) is 0 Å². The van der Waals surface area contributed by atoms with Crippen LogP contribution in [0.2, 0.25) is 0 Å². The maximum Gasteiger partial charge on any atom is 0.270 e. The summed E-state index contributed by atoms with van der Waals surface area (Å²) in [4.78, 5) is 35.6. The van der Waals surface area contributed by atoms with E-state index in [1.165, 1.54) is 32.2 Å². The van der Waals surface area contributed by atoms with Crippen LogP contribution in [0.25, 0.3) is 11.2 Å². The topological polar surface area (TPSA) is 105 Å². The number of carbonyl (C=O) groups is 1. The molecular weight excluding hydrogens is 340 g/mol. The van der Waals surface area contributed by atoms with Gasteiger partial charge in [0.05, 0.1) is 39.6 Å². The lowest BCUT2D eigenvalue weighted by Crippen LogP contribution is -2.23. The van der Waals surface area contributed by atoms with E-state index in [9.17, 15) is 9.59 Å². The van der Waals surface area contributed by atoms with Crippen molar-refractivity contribution >= 4 is 17.5 Å². The molecule has 134 valence electrons. The van der Waals surface area contributed by atoms with E-state index < -0.39 is 0 Å². The smallest absolute Gasteiger partial charge is 0.270 e. The van der Waals surface area contributed by atoms with Crippen molar-refractivity contribution in [3.05, 3.63) is 46.3 Å². The van der Waals surface area contributed by atoms with Gasteiger partial charge in [-0.25, -0.2) is 15.0 Å². The van der Waals surface area contributed by atoms with Gasteiger partial charge in [-0.1, -0.05) is 0 Å². The highest BCUT2D eigenvalue weighted by molar-refractivity contribution is 5.89. The Morgan fingerprint density at radius 2 is 1.73 bits per heavy atom. The van der Waals surface area contributed by atoms with Crippen LogP contribution in [0.5, 0.6) is 17.2 Å². The molecular formula is C17H16N4O5. The minimum atomic E-state index is -0.382. The van der Waals surface area contributed by atoms with Crippen LogP contribution >= 0.6 is 0 Å². The van der Waals surface area contributed by atoms with Gasteiger partial charge in [0.1, 0.15) is 34.8 Å². The molecule has 26 heavy (non-hydrogen) atoms. The third kappa shape index (κ3) is 2.94. The van der Waals surface area contributed by atoms with Crippen molar-refractivity contribution in [1.29, 1.82) is 0 Å². The lowest BCUT2D eigenvalue weighted by molar-refractivity contribution is 0.112. The largest absolute Gasteiger partial charge is 0.496 e. The molecule has 0 saturated carbocycles. The Balaban J connectivity index is 2.23. The summed E-state index contributed by atoms with van der Waals surface area (Å²) < 4.78 is 17.4. The molecule has 9 heteroatoms. The number of fused-ring (bicyclic) bond motifs is 1. The van der Waals surface area contributed by atoms with Gasteiger partial charge in [-0.15, -0.1) is 0 Å². The average molecular weight is 356 g/mol. The molecule has 0 aliphatic carbocycles. The van der Waals surface area contributed by atoms with E-state index in [1.54, 1.807) is 12.1 Å². The maximum atomic E-state index is 12.4. The summed E-state index contributed by atoms with van der Waals surface area (Å²) in [7, 11) is 4.56. The second-order valence-electron chi connectivity index (χ2n) is 5.24. The van der Waals surface area contributed by atoms with Gasteiger partial charge in [0.2, 0.25) is 0 Å². The highest BCUT2D eigenvalue weighted by Crippen LogP contribution is 2.34. The molecule has 0 unspecified atom stereocenters. The van der Waals surface area contributed by atoms with Crippen molar-refractivity contribution < 1.29 is 19.0 Å². The van der Waals surface area contributed by atoms with E-state index >= 15 is 0 Å². The molecule has 1 aromatic carbocycles. The molecule has 0 aliphatic heterocycles. The molecule has 0 fully saturated rings. The zero-order valence-electron chi connectivity index (χ0n) is 14.4. The second-order valence-corrected chi connectivity index (χ2v) is 5.24. The number of rotatable bonds is 6. The van der Waals surface area contributed by atoms with Crippen molar-refractivity contribution in [3.63, 3.8) is 0 Å². The summed E-state index contributed by atoms with van der Waals surface area (Å²) in [5, 5.41) is 0. The Hall–Kier alpha value is -3.49. The van der Waals surface area contributed by atoms with Gasteiger partial charge in [0.15, 0.2) is 11.9 Å². The fourth-order valence-corrected chi connectivity index (χ4v) is 2.63. The summed E-state index contributed by atoms with van der Waals surface area (Å²) in [6.07, 6.45) is 2.91. The monoisotopic (exact) mass is 356 g/mol. The molecule has 0 N–H and O–H groups in total. The van der Waals surface area contributed by atoms with Crippen molar-refractivity contribution in [2.24, 2.45) is 0 Å². The first kappa shape index (κ1) is 17.3. The van der Waals surface area contributed by atoms with Crippen LogP contribution in [0.4, 0.5) is 0 Å². The molecule has 0 radical (unpaired) electrons. The number of nitrogens with zero attached hydrogens (tertiary/aromatic N) is 4. The van der Waals surface area contributed by atoms with Crippen LogP contribution in [-0.4, -0.2) is 47.1 Å². The molecule has 0 amide bonds. The maximum absolute atomic E-state index is 12.4. The molecule has 2 aromatic heterocycles. The van der Waals surface area contributed by atoms with E-state index in [4.69, 9.17) is 14.2 Å². The second kappa shape index (κ2) is 7.18. The van der Waals surface area contributed by atoms with Gasteiger partial charge in [0.25, 0.3) is 5.56 Å². The fraction of sp³-hybridized carbons (Fsp3) is 0.235. The Kier molecular flexibility index (Phi) is 4.78. The van der Waals surface area contributed by atoms with E-state index in [-0.39, 0.29) is 29.0 Å². The molecule has 9 nitrogen and oxygen atoms in total. The van der Waals surface area contributed by atoms with E-state index in [0.717, 1.165) is 6.20 Å². The van der Waals surface area contributed by atoms with Crippen molar-refractivity contribution in [2.45, 2.75) is 6.54 Å². The number of hydrogen-bond acceptors (Lipinski definition) is 8. The Morgan fingerprint density at radius 3 is 2.31 bits per heavy atom. The highest BCUT2D eigenvalue weighted by Gasteiger charge is 2.17. The molecule has 3 aromatic rings. The normalized spacial score (nSPS) is 10.6. The Bertz CT molecular complexity index is 1010. The van der Waals surface area contributed by atoms with Gasteiger partial charge in [-0.2, -0.15) is 0 Å². The Morgan fingerprint density at radius 1 is 1.04 bits per heavy atom. The number of benzene rings is 1. The van der Waals surface area contributed by atoms with Gasteiger partial charge >= 0.3 is 0 Å². The van der Waals surface area contributed by atoms with E-state index in [2.05, 4.69) is 15.0 Å². The highest BCUT2D eigenvalue weighted by atomic mass is 16.5. The predicted molar refractivity (Wildman–Crippen MR) is 92.2 cm³/mol. The lowest BCUT2D eigenvalue weighted by atomic mass is 10.1. The van der Waals surface area contributed by atoms with Gasteiger partial charge in [-0.3, -0.25) is 14.2 Å². The first-order valence-corrected chi connectivity index (χ1v) is 7.57. The van der Waals surface area contributed by atoms with Gasteiger partial charge < -0.3 is 14.2 Å². The van der Waals surface area contributed by atoms with Crippen LogP contribution in [0.1, 0.15) is 16.1 Å². The van der Waals surface area contributed by atoms with Crippen LogP contribution in [0, 0.1) is 0 Å². The van der Waals surface area contributed by atoms with E-state index in [0.29, 0.717) is 29.1 Å². The predicted octanol–water partition coefficient (Wildman–Crippen LogP) is 1.07. The molecule has 0 bridgehead atoms. The third-order valence-electron chi connectivity index (χ3n) is 3.90. The zero-order chi connectivity index (χ0) is 18.7. The summed E-state index contributed by atoms with van der Waals surface area (Å²) in [6.45, 7) is 0.101. The van der Waals surface area contributed by atoms with Crippen molar-refractivity contribution in [3.8, 4) is 17.2 Å². The summed E-state index contributed by atoms with van der Waals surface area (Å²) in [5.74, 6) is 1.53. The average Bonchev–Trinajstić information content (AvgIpc) is 2.69. The minimum Gasteiger partial charge on any atom is -0.496 e. The van der Waals surface area contributed by atoms with Crippen molar-refractivity contribution in [1.82, 2.24) is 19.5 Å². The number of ether oxygens (including phenoxy) is 3. The quantitative estimate of drug-likeness (QED) is 0.604. The zero-order valence-corrected chi connectivity index (χ0v) is 14.4. The molecule has 0 saturated heterocycles. The number of methoxy groups -OCH3 is 3. The number of hydrogen-bond donors (Lipinski definition) is 0. The Labute approximate surface area is 148 Å². The van der Waals surface area contributed by atoms with Crippen LogP contribution < -0.4 is 19.8 Å². The standard InChI is InChI=1S/C17H16N4O5/c1-24-10-4-13(25-2)11(14(5-10)26-3)7-21-15(23)6-18-16-12(8-22)19-9-20-17(16)21/h4-6,8-9H,7H2,1-3H3. The summed E-state index contributed by atoms with van der Waals surface area (Å²) >= 11 is 0.